The molecule has 3 N–H and O–H groups in total. The van der Waals surface area contributed by atoms with Gasteiger partial charge < -0.3 is 15.6 Å². The largest absolute Gasteiger partial charge is 0.365 e. The summed E-state index contributed by atoms with van der Waals surface area (Å²) in [4.78, 5) is 38.5. The highest BCUT2D eigenvalue weighted by Gasteiger charge is 2.22. The monoisotopic (exact) mass is 522 g/mol. The Labute approximate surface area is 225 Å². The van der Waals surface area contributed by atoms with Gasteiger partial charge >= 0.3 is 0 Å². The second-order valence-corrected chi connectivity index (χ2v) is 9.87. The van der Waals surface area contributed by atoms with Crippen LogP contribution in [0.25, 0.3) is 22.2 Å². The van der Waals surface area contributed by atoms with Crippen LogP contribution < -0.4 is 16.2 Å². The van der Waals surface area contributed by atoms with Crippen molar-refractivity contribution in [3.05, 3.63) is 95.1 Å². The quantitative estimate of drug-likeness (QED) is 0.257. The van der Waals surface area contributed by atoms with Gasteiger partial charge in [0.05, 0.1) is 30.7 Å². The van der Waals surface area contributed by atoms with E-state index in [0.717, 1.165) is 47.0 Å². The highest BCUT2D eigenvalue weighted by Crippen LogP contribution is 2.32. The molecule has 0 bridgehead atoms. The molecule has 1 aromatic carbocycles. The summed E-state index contributed by atoms with van der Waals surface area (Å²) in [7, 11) is 0. The topological polar surface area (TPSA) is 123 Å². The molecule has 198 valence electrons. The first-order valence-corrected chi connectivity index (χ1v) is 13.2. The molecule has 1 saturated carbocycles. The molecule has 0 aliphatic heterocycles. The molecule has 4 heterocycles. The van der Waals surface area contributed by atoms with Crippen LogP contribution in [0.1, 0.15) is 36.6 Å². The normalized spacial score (nSPS) is 13.3. The third-order valence-electron chi connectivity index (χ3n) is 7.20. The Kier molecular flexibility index (Phi) is 6.90. The summed E-state index contributed by atoms with van der Waals surface area (Å²) in [5, 5.41) is 11.6. The van der Waals surface area contributed by atoms with Crippen molar-refractivity contribution in [1.29, 1.82) is 0 Å². The van der Waals surface area contributed by atoms with Crippen LogP contribution >= 0.6 is 0 Å². The number of pyridine rings is 1. The van der Waals surface area contributed by atoms with E-state index in [-0.39, 0.29) is 23.8 Å². The van der Waals surface area contributed by atoms with Crippen molar-refractivity contribution in [1.82, 2.24) is 34.6 Å². The minimum Gasteiger partial charge on any atom is -0.365 e. The van der Waals surface area contributed by atoms with Gasteiger partial charge in [-0.25, -0.2) is 4.98 Å². The Bertz CT molecular complexity index is 1620. The Balaban J connectivity index is 1.21. The minimum atomic E-state index is -0.344. The number of amides is 1. The molecule has 0 saturated heterocycles. The number of anilines is 1. The number of aromatic nitrogens is 6. The maximum atomic E-state index is 13.6. The zero-order valence-corrected chi connectivity index (χ0v) is 21.5. The molecule has 6 rings (SSSR count). The van der Waals surface area contributed by atoms with E-state index in [4.69, 9.17) is 0 Å². The van der Waals surface area contributed by atoms with Crippen LogP contribution in [0.3, 0.4) is 0 Å². The lowest BCUT2D eigenvalue weighted by molar-refractivity contribution is -0.121. The molecule has 1 aliphatic rings. The minimum absolute atomic E-state index is 0.138. The summed E-state index contributed by atoms with van der Waals surface area (Å²) in [6, 6.07) is 14.3. The average Bonchev–Trinajstić information content (AvgIpc) is 3.56. The van der Waals surface area contributed by atoms with Crippen molar-refractivity contribution in [2.75, 3.05) is 11.9 Å². The van der Waals surface area contributed by atoms with Crippen LogP contribution in [0.2, 0.25) is 0 Å². The number of benzene rings is 1. The van der Waals surface area contributed by atoms with E-state index in [9.17, 15) is 9.59 Å². The van der Waals surface area contributed by atoms with Gasteiger partial charge in [-0.1, -0.05) is 30.3 Å². The number of rotatable bonds is 10. The zero-order chi connectivity index (χ0) is 26.6. The molecule has 0 radical (unpaired) electrons. The van der Waals surface area contributed by atoms with E-state index in [0.29, 0.717) is 24.8 Å². The number of H-pyrrole nitrogens is 1. The molecular formula is C29H30N8O2. The van der Waals surface area contributed by atoms with Crippen molar-refractivity contribution >= 4 is 22.6 Å². The van der Waals surface area contributed by atoms with E-state index in [1.807, 2.05) is 53.3 Å². The van der Waals surface area contributed by atoms with E-state index in [2.05, 4.69) is 30.7 Å². The van der Waals surface area contributed by atoms with Crippen molar-refractivity contribution in [2.24, 2.45) is 0 Å². The molecule has 1 fully saturated rings. The highest BCUT2D eigenvalue weighted by molar-refractivity contribution is 5.80. The first-order valence-electron chi connectivity index (χ1n) is 13.2. The molecule has 0 unspecified atom stereocenters. The van der Waals surface area contributed by atoms with Gasteiger partial charge in [-0.05, 0) is 43.4 Å². The Morgan fingerprint density at radius 3 is 2.77 bits per heavy atom. The van der Waals surface area contributed by atoms with Gasteiger partial charge in [-0.15, -0.1) is 0 Å². The van der Waals surface area contributed by atoms with Crippen molar-refractivity contribution in [3.8, 4) is 11.3 Å². The van der Waals surface area contributed by atoms with Crippen LogP contribution in [0.5, 0.6) is 0 Å². The molecule has 10 heteroatoms. The third kappa shape index (κ3) is 5.45. The van der Waals surface area contributed by atoms with Crippen LogP contribution in [0.4, 0.5) is 5.82 Å². The number of nitrogens with one attached hydrogen (secondary N) is 3. The van der Waals surface area contributed by atoms with E-state index in [1.54, 1.807) is 24.8 Å². The summed E-state index contributed by atoms with van der Waals surface area (Å²) in [5.74, 6) is -0.0556. The number of aromatic amines is 1. The number of carbonyl (C=O) groups is 1. The van der Waals surface area contributed by atoms with Crippen LogP contribution in [0, 0.1) is 0 Å². The van der Waals surface area contributed by atoms with Gasteiger partial charge in [0.15, 0.2) is 5.82 Å². The molecular weight excluding hydrogens is 492 g/mol. The Hall–Kier alpha value is -4.73. The predicted molar refractivity (Wildman–Crippen MR) is 149 cm³/mol. The van der Waals surface area contributed by atoms with Crippen LogP contribution in [-0.2, 0) is 24.3 Å². The van der Waals surface area contributed by atoms with Gasteiger partial charge in [0.25, 0.3) is 5.56 Å². The fraction of sp³-hybridized carbons (Fsp3) is 0.276. The molecule has 5 aromatic rings. The van der Waals surface area contributed by atoms with Gasteiger partial charge in [0.2, 0.25) is 5.91 Å². The fourth-order valence-corrected chi connectivity index (χ4v) is 4.81. The van der Waals surface area contributed by atoms with Gasteiger partial charge in [-0.3, -0.25) is 23.8 Å². The smallest absolute Gasteiger partial charge is 0.294 e. The lowest BCUT2D eigenvalue weighted by Crippen LogP contribution is -2.34. The van der Waals surface area contributed by atoms with Gasteiger partial charge in [0.1, 0.15) is 6.54 Å². The number of hydrogen-bond acceptors (Lipinski definition) is 6. The highest BCUT2D eigenvalue weighted by atomic mass is 16.2. The van der Waals surface area contributed by atoms with Crippen molar-refractivity contribution in [3.63, 3.8) is 0 Å². The summed E-state index contributed by atoms with van der Waals surface area (Å²) < 4.78 is 3.43. The van der Waals surface area contributed by atoms with E-state index >= 15 is 0 Å². The first-order chi connectivity index (χ1) is 19.1. The lowest BCUT2D eigenvalue weighted by atomic mass is 9.93. The Morgan fingerprint density at radius 1 is 1.10 bits per heavy atom. The molecule has 0 atom stereocenters. The SMILES string of the molecule is O=C(Cn1c(-c2cnn(C3CCC3)c2)cnc(NCCc2ccccc2)c1=O)NCc1cc2cnccc2[nH]1. The third-order valence-corrected chi connectivity index (χ3v) is 7.20. The summed E-state index contributed by atoms with van der Waals surface area (Å²) >= 11 is 0. The summed E-state index contributed by atoms with van der Waals surface area (Å²) in [6.07, 6.45) is 13.0. The maximum absolute atomic E-state index is 13.6. The molecule has 1 aliphatic carbocycles. The summed E-state index contributed by atoms with van der Waals surface area (Å²) in [6.45, 7) is 0.720. The standard InChI is InChI=1S/C29H30N8O2/c38-27(32-16-23-13-21-14-30-11-10-25(21)35-23)19-36-26(22-15-34-37(18-22)24-7-4-8-24)17-33-28(29(36)39)31-12-9-20-5-2-1-3-6-20/h1-3,5-6,10-11,13-15,17-18,24,35H,4,7-9,12,16,19H2,(H,31,33)(H,32,38). The van der Waals surface area contributed by atoms with E-state index < -0.39 is 0 Å². The maximum Gasteiger partial charge on any atom is 0.294 e. The van der Waals surface area contributed by atoms with Crippen molar-refractivity contribution in [2.45, 2.75) is 44.8 Å². The van der Waals surface area contributed by atoms with Crippen molar-refractivity contribution < 1.29 is 4.79 Å². The molecule has 10 nitrogen and oxygen atoms in total. The Morgan fingerprint density at radius 2 is 1.97 bits per heavy atom. The number of carbonyl (C=O) groups excluding carboxylic acids is 1. The second-order valence-electron chi connectivity index (χ2n) is 9.87. The lowest BCUT2D eigenvalue weighted by Gasteiger charge is -2.25. The fourth-order valence-electron chi connectivity index (χ4n) is 4.81. The van der Waals surface area contributed by atoms with E-state index in [1.165, 1.54) is 11.0 Å². The first kappa shape index (κ1) is 24.6. The van der Waals surface area contributed by atoms with Gasteiger partial charge in [-0.2, -0.15) is 5.10 Å². The second kappa shape index (κ2) is 10.9. The predicted octanol–water partition coefficient (Wildman–Crippen LogP) is 3.68. The zero-order valence-electron chi connectivity index (χ0n) is 21.5. The van der Waals surface area contributed by atoms with Gasteiger partial charge in [0, 0.05) is 47.3 Å². The number of nitrogens with zero attached hydrogens (tertiary/aromatic N) is 5. The number of fused-ring (bicyclic) bond motifs is 1. The number of hydrogen-bond donors (Lipinski definition) is 3. The molecule has 0 spiro atoms. The molecule has 1 amide bonds. The summed E-state index contributed by atoms with van der Waals surface area (Å²) in [5.41, 5.74) is 3.96. The van der Waals surface area contributed by atoms with Crippen LogP contribution in [-0.4, -0.2) is 41.8 Å². The molecule has 4 aromatic heterocycles. The molecule has 39 heavy (non-hydrogen) atoms. The van der Waals surface area contributed by atoms with Crippen LogP contribution in [0.15, 0.2) is 78.2 Å². The average molecular weight is 523 g/mol.